The lowest BCUT2D eigenvalue weighted by atomic mass is 9.80. The van der Waals surface area contributed by atoms with E-state index in [-0.39, 0.29) is 5.92 Å². The van der Waals surface area contributed by atoms with E-state index in [2.05, 4.69) is 6.58 Å². The van der Waals surface area contributed by atoms with Crippen LogP contribution < -0.4 is 0 Å². The Balaban J connectivity index is 2.00. The third-order valence-electron chi connectivity index (χ3n) is 4.12. The third-order valence-corrected chi connectivity index (χ3v) is 4.12. The Bertz CT molecular complexity index is 306. The largest absolute Gasteiger partial charge is 0.498 e. The summed E-state index contributed by atoms with van der Waals surface area (Å²) in [6.07, 6.45) is 5.82. The van der Waals surface area contributed by atoms with Crippen LogP contribution in [0, 0.1) is 11.8 Å². The van der Waals surface area contributed by atoms with E-state index in [9.17, 15) is 4.79 Å². The number of carbonyl (C=O) groups is 1. The molecule has 0 saturated heterocycles. The van der Waals surface area contributed by atoms with E-state index in [1.165, 1.54) is 0 Å². The van der Waals surface area contributed by atoms with Gasteiger partial charge in [0.25, 0.3) is 0 Å². The maximum atomic E-state index is 11.3. The van der Waals surface area contributed by atoms with Gasteiger partial charge in [0.05, 0.1) is 12.4 Å². The summed E-state index contributed by atoms with van der Waals surface area (Å²) < 4.78 is 16.2. The standard InChI is InChI=1S/C17H30O4/c1-14(18)16-6-8-17(9-7-16)15(2)21-13-5-12-20-11-4-10-19-3/h16-17H,2,4-13H2,1,3H3. The highest BCUT2D eigenvalue weighted by atomic mass is 16.5. The van der Waals surface area contributed by atoms with Gasteiger partial charge in [-0.25, -0.2) is 0 Å². The van der Waals surface area contributed by atoms with Crippen molar-refractivity contribution in [2.24, 2.45) is 11.8 Å². The van der Waals surface area contributed by atoms with Crippen LogP contribution in [0.15, 0.2) is 12.3 Å². The Morgan fingerprint density at radius 2 is 1.57 bits per heavy atom. The molecule has 21 heavy (non-hydrogen) atoms. The van der Waals surface area contributed by atoms with Crippen LogP contribution in [-0.4, -0.2) is 39.3 Å². The number of hydrogen-bond acceptors (Lipinski definition) is 4. The average Bonchev–Trinajstić information content (AvgIpc) is 2.49. The highest BCUT2D eigenvalue weighted by molar-refractivity contribution is 5.78. The fraction of sp³-hybridized carbons (Fsp3) is 0.824. The van der Waals surface area contributed by atoms with Crippen LogP contribution in [0.3, 0.4) is 0 Å². The summed E-state index contributed by atoms with van der Waals surface area (Å²) in [5.41, 5.74) is 0. The first kappa shape index (κ1) is 18.2. The molecule has 1 saturated carbocycles. The molecule has 0 amide bonds. The summed E-state index contributed by atoms with van der Waals surface area (Å²) in [5.74, 6) is 1.89. The van der Waals surface area contributed by atoms with Crippen LogP contribution in [0.4, 0.5) is 0 Å². The lowest BCUT2D eigenvalue weighted by Gasteiger charge is -2.28. The van der Waals surface area contributed by atoms with Gasteiger partial charge in [0.1, 0.15) is 5.78 Å². The van der Waals surface area contributed by atoms with Gasteiger partial charge in [-0.1, -0.05) is 6.58 Å². The topological polar surface area (TPSA) is 44.8 Å². The van der Waals surface area contributed by atoms with Gasteiger partial charge in [-0.3, -0.25) is 4.79 Å². The van der Waals surface area contributed by atoms with Crippen LogP contribution in [0.5, 0.6) is 0 Å². The number of ether oxygens (including phenoxy) is 3. The van der Waals surface area contributed by atoms with Crippen LogP contribution >= 0.6 is 0 Å². The van der Waals surface area contributed by atoms with Crippen LogP contribution in [0.1, 0.15) is 45.4 Å². The predicted octanol–water partition coefficient (Wildman–Crippen LogP) is 3.36. The van der Waals surface area contributed by atoms with Crippen LogP contribution in [-0.2, 0) is 19.0 Å². The maximum absolute atomic E-state index is 11.3. The SMILES string of the molecule is C=C(OCCCOCCCOC)C1CCC(C(C)=O)CC1. The smallest absolute Gasteiger partial charge is 0.132 e. The van der Waals surface area contributed by atoms with Gasteiger partial charge in [-0.15, -0.1) is 0 Å². The second-order valence-electron chi connectivity index (χ2n) is 5.79. The molecule has 0 aromatic rings. The molecule has 0 radical (unpaired) electrons. The summed E-state index contributed by atoms with van der Waals surface area (Å²) >= 11 is 0. The molecule has 0 atom stereocenters. The zero-order valence-corrected chi connectivity index (χ0v) is 13.6. The highest BCUT2D eigenvalue weighted by Gasteiger charge is 2.26. The zero-order chi connectivity index (χ0) is 15.5. The Labute approximate surface area is 128 Å². The molecule has 1 fully saturated rings. The summed E-state index contributed by atoms with van der Waals surface area (Å²) in [4.78, 5) is 11.3. The molecule has 0 aliphatic heterocycles. The van der Waals surface area contributed by atoms with Crippen molar-refractivity contribution in [1.29, 1.82) is 0 Å². The molecule has 0 aromatic heterocycles. The lowest BCUT2D eigenvalue weighted by molar-refractivity contribution is -0.121. The van der Waals surface area contributed by atoms with Gasteiger partial charge in [-0.2, -0.15) is 0 Å². The fourth-order valence-electron chi connectivity index (χ4n) is 2.71. The minimum absolute atomic E-state index is 0.259. The van der Waals surface area contributed by atoms with Crippen LogP contribution in [0.2, 0.25) is 0 Å². The van der Waals surface area contributed by atoms with Crippen molar-refractivity contribution in [2.75, 3.05) is 33.5 Å². The predicted molar refractivity (Wildman–Crippen MR) is 83.2 cm³/mol. The van der Waals surface area contributed by atoms with Crippen molar-refractivity contribution in [3.63, 3.8) is 0 Å². The molecule has 0 bridgehead atoms. The molecule has 1 aliphatic carbocycles. The number of methoxy groups -OCH3 is 1. The van der Waals surface area contributed by atoms with E-state index in [4.69, 9.17) is 14.2 Å². The van der Waals surface area contributed by atoms with E-state index >= 15 is 0 Å². The Morgan fingerprint density at radius 3 is 2.14 bits per heavy atom. The van der Waals surface area contributed by atoms with Gasteiger partial charge in [0, 0.05) is 45.2 Å². The van der Waals surface area contributed by atoms with Crippen molar-refractivity contribution < 1.29 is 19.0 Å². The maximum Gasteiger partial charge on any atom is 0.132 e. The summed E-state index contributed by atoms with van der Waals surface area (Å²) in [6, 6.07) is 0. The molecular weight excluding hydrogens is 268 g/mol. The second-order valence-corrected chi connectivity index (χ2v) is 5.79. The van der Waals surface area contributed by atoms with Crippen molar-refractivity contribution in [3.8, 4) is 0 Å². The fourth-order valence-corrected chi connectivity index (χ4v) is 2.71. The van der Waals surface area contributed by atoms with Gasteiger partial charge in [0.15, 0.2) is 0 Å². The summed E-state index contributed by atoms with van der Waals surface area (Å²) in [6.45, 7) is 8.60. The minimum Gasteiger partial charge on any atom is -0.498 e. The molecule has 1 aliphatic rings. The number of rotatable bonds is 11. The number of Topliss-reactive ketones (excluding diaryl/α,β-unsaturated/α-hetero) is 1. The first-order valence-electron chi connectivity index (χ1n) is 8.04. The van der Waals surface area contributed by atoms with E-state index in [0.29, 0.717) is 24.9 Å². The molecular formula is C17H30O4. The second kappa shape index (κ2) is 10.8. The number of carbonyl (C=O) groups excluding carboxylic acids is 1. The lowest BCUT2D eigenvalue weighted by Crippen LogP contribution is -2.21. The van der Waals surface area contributed by atoms with E-state index in [1.807, 2.05) is 0 Å². The third kappa shape index (κ3) is 7.63. The van der Waals surface area contributed by atoms with E-state index in [0.717, 1.165) is 57.5 Å². The van der Waals surface area contributed by atoms with Crippen LogP contribution in [0.25, 0.3) is 0 Å². The molecule has 122 valence electrons. The Morgan fingerprint density at radius 1 is 1.00 bits per heavy atom. The molecule has 0 N–H and O–H groups in total. The van der Waals surface area contributed by atoms with Crippen molar-refractivity contribution in [2.45, 2.75) is 45.4 Å². The van der Waals surface area contributed by atoms with Gasteiger partial charge < -0.3 is 14.2 Å². The van der Waals surface area contributed by atoms with Gasteiger partial charge >= 0.3 is 0 Å². The van der Waals surface area contributed by atoms with Crippen molar-refractivity contribution in [3.05, 3.63) is 12.3 Å². The molecule has 4 nitrogen and oxygen atoms in total. The molecule has 1 rings (SSSR count). The molecule has 0 aromatic carbocycles. The number of ketones is 1. The monoisotopic (exact) mass is 298 g/mol. The quantitative estimate of drug-likeness (QED) is 0.433. The van der Waals surface area contributed by atoms with Gasteiger partial charge in [0.2, 0.25) is 0 Å². The molecule has 0 unspecified atom stereocenters. The summed E-state index contributed by atoms with van der Waals surface area (Å²) in [7, 11) is 1.70. The highest BCUT2D eigenvalue weighted by Crippen LogP contribution is 2.33. The minimum atomic E-state index is 0.259. The first-order valence-corrected chi connectivity index (χ1v) is 8.04. The van der Waals surface area contributed by atoms with Crippen molar-refractivity contribution >= 4 is 5.78 Å². The van der Waals surface area contributed by atoms with E-state index < -0.39 is 0 Å². The number of allylic oxidation sites excluding steroid dienone is 1. The van der Waals surface area contributed by atoms with Gasteiger partial charge in [-0.05, 0) is 39.0 Å². The normalized spacial score (nSPS) is 22.0. The average molecular weight is 298 g/mol. The zero-order valence-electron chi connectivity index (χ0n) is 13.6. The van der Waals surface area contributed by atoms with E-state index in [1.54, 1.807) is 14.0 Å². The molecule has 4 heteroatoms. The molecule has 0 heterocycles. The summed E-state index contributed by atoms with van der Waals surface area (Å²) in [5, 5.41) is 0. The first-order chi connectivity index (χ1) is 10.1. The molecule has 0 spiro atoms. The Kier molecular flexibility index (Phi) is 9.35. The Hall–Kier alpha value is -0.870. The number of hydrogen-bond donors (Lipinski definition) is 0. The van der Waals surface area contributed by atoms with Crippen molar-refractivity contribution in [1.82, 2.24) is 0 Å².